The number of carbonyl (C=O) groups is 1. The number of benzene rings is 3. The van der Waals surface area contributed by atoms with E-state index in [2.05, 4.69) is 5.32 Å². The van der Waals surface area contributed by atoms with Gasteiger partial charge < -0.3 is 10.4 Å². The number of nitrogens with one attached hydrogen (secondary N) is 1. The molecule has 0 spiro atoms. The largest absolute Gasteiger partial charge is 0.396 e. The average molecular weight is 539 g/mol. The average Bonchev–Trinajstić information content (AvgIpc) is 2.78. The molecule has 2 unspecified atom stereocenters. The Morgan fingerprint density at radius 3 is 2.35 bits per heavy atom. The van der Waals surface area contributed by atoms with Gasteiger partial charge in [0.25, 0.3) is 5.91 Å². The summed E-state index contributed by atoms with van der Waals surface area (Å²) in [4.78, 5) is 13.0. The van der Waals surface area contributed by atoms with Crippen LogP contribution in [0.5, 0.6) is 0 Å². The maximum atomic E-state index is 13.8. The van der Waals surface area contributed by atoms with Gasteiger partial charge in [0.15, 0.2) is 9.84 Å². The predicted molar refractivity (Wildman–Crippen MR) is 136 cm³/mol. The number of fused-ring (bicyclic) bond motifs is 1. The van der Waals surface area contributed by atoms with Crippen molar-refractivity contribution in [1.29, 1.82) is 0 Å². The molecule has 0 saturated carbocycles. The van der Waals surface area contributed by atoms with E-state index in [1.54, 1.807) is 48.5 Å². The summed E-state index contributed by atoms with van der Waals surface area (Å²) in [7, 11) is -3.85. The topological polar surface area (TPSA) is 83.5 Å². The summed E-state index contributed by atoms with van der Waals surface area (Å²) >= 11 is 18.4. The zero-order chi connectivity index (χ0) is 24.6. The van der Waals surface area contributed by atoms with Crippen molar-refractivity contribution in [3.63, 3.8) is 0 Å². The molecule has 1 aliphatic carbocycles. The number of anilines is 1. The first kappa shape index (κ1) is 25.0. The molecule has 0 aromatic heterocycles. The maximum absolute atomic E-state index is 13.8. The molecular weight excluding hydrogens is 517 g/mol. The number of carbonyl (C=O) groups excluding carboxylic acids is 1. The van der Waals surface area contributed by atoms with E-state index >= 15 is 0 Å². The van der Waals surface area contributed by atoms with Crippen molar-refractivity contribution in [3.8, 4) is 0 Å². The number of hydrogen-bond donors (Lipinski definition) is 2. The van der Waals surface area contributed by atoms with Crippen LogP contribution in [0.2, 0.25) is 15.1 Å². The van der Waals surface area contributed by atoms with Crippen molar-refractivity contribution in [2.24, 2.45) is 11.8 Å². The van der Waals surface area contributed by atoms with Crippen LogP contribution in [0.25, 0.3) is 0 Å². The van der Waals surface area contributed by atoms with Crippen LogP contribution in [-0.4, -0.2) is 26.0 Å². The summed E-state index contributed by atoms with van der Waals surface area (Å²) in [6.45, 7) is 1.69. The SMILES string of the molecule is CC1C(S(=O)(=O)c2cccc(Cl)c2)c2cc(NC(=O)c3c(Cl)cccc3Cl)ccc2C[C@H]1CO. The van der Waals surface area contributed by atoms with E-state index in [0.717, 1.165) is 5.56 Å². The highest BCUT2D eigenvalue weighted by Crippen LogP contribution is 2.46. The Labute approximate surface area is 213 Å². The molecular formula is C25H22Cl3NO4S. The third kappa shape index (κ3) is 4.70. The van der Waals surface area contributed by atoms with E-state index in [4.69, 9.17) is 34.8 Å². The fourth-order valence-corrected chi connectivity index (χ4v) is 7.52. The Hall–Kier alpha value is -2.09. The first-order chi connectivity index (χ1) is 16.1. The molecule has 9 heteroatoms. The minimum Gasteiger partial charge on any atom is -0.396 e. The molecule has 0 fully saturated rings. The van der Waals surface area contributed by atoms with Crippen LogP contribution in [-0.2, 0) is 16.3 Å². The Balaban J connectivity index is 1.77. The van der Waals surface area contributed by atoms with E-state index in [1.807, 2.05) is 6.92 Å². The Kier molecular flexibility index (Phi) is 7.27. The highest BCUT2D eigenvalue weighted by atomic mass is 35.5. The third-order valence-electron chi connectivity index (χ3n) is 6.30. The molecule has 3 aromatic rings. The smallest absolute Gasteiger partial charge is 0.258 e. The number of sulfone groups is 1. The van der Waals surface area contributed by atoms with E-state index in [0.29, 0.717) is 22.7 Å². The Bertz CT molecular complexity index is 1340. The van der Waals surface area contributed by atoms with Crippen LogP contribution in [0.4, 0.5) is 5.69 Å². The van der Waals surface area contributed by atoms with Gasteiger partial charge in [0, 0.05) is 17.3 Å². The molecule has 5 nitrogen and oxygen atoms in total. The number of aliphatic hydroxyl groups is 1. The minimum absolute atomic E-state index is 0.110. The van der Waals surface area contributed by atoms with Gasteiger partial charge in [0.05, 0.1) is 25.8 Å². The molecule has 0 heterocycles. The van der Waals surface area contributed by atoms with Gasteiger partial charge in [-0.1, -0.05) is 59.9 Å². The molecule has 1 aliphatic rings. The normalized spacial score (nSPS) is 20.0. The first-order valence-corrected chi connectivity index (χ1v) is 13.3. The summed E-state index contributed by atoms with van der Waals surface area (Å²) in [5.74, 6) is -1.10. The van der Waals surface area contributed by atoms with E-state index in [-0.39, 0.29) is 38.9 Å². The molecule has 0 aliphatic heterocycles. The highest BCUT2D eigenvalue weighted by molar-refractivity contribution is 7.91. The zero-order valence-corrected chi connectivity index (χ0v) is 21.2. The summed E-state index contributed by atoms with van der Waals surface area (Å²) in [6, 6.07) is 16.1. The Morgan fingerprint density at radius 1 is 1.03 bits per heavy atom. The lowest BCUT2D eigenvalue weighted by molar-refractivity contribution is 0.102. The van der Waals surface area contributed by atoms with E-state index < -0.39 is 21.0 Å². The van der Waals surface area contributed by atoms with E-state index in [1.165, 1.54) is 12.1 Å². The van der Waals surface area contributed by atoms with Crippen molar-refractivity contribution in [1.82, 2.24) is 0 Å². The second-order valence-corrected chi connectivity index (χ2v) is 11.7. The number of halogens is 3. The van der Waals surface area contributed by atoms with E-state index in [9.17, 15) is 18.3 Å². The lowest BCUT2D eigenvalue weighted by atomic mass is 9.76. The third-order valence-corrected chi connectivity index (χ3v) is 9.42. The number of hydrogen-bond acceptors (Lipinski definition) is 4. The Morgan fingerprint density at radius 2 is 1.71 bits per heavy atom. The summed E-state index contributed by atoms with van der Waals surface area (Å²) in [5, 5.41) is 12.5. The molecule has 34 heavy (non-hydrogen) atoms. The van der Waals surface area contributed by atoms with Gasteiger partial charge in [-0.2, -0.15) is 0 Å². The van der Waals surface area contributed by atoms with Crippen LogP contribution >= 0.6 is 34.8 Å². The van der Waals surface area contributed by atoms with Crippen molar-refractivity contribution < 1.29 is 18.3 Å². The second-order valence-electron chi connectivity index (χ2n) is 8.39. The van der Waals surface area contributed by atoms with Crippen LogP contribution in [0.1, 0.15) is 33.7 Å². The van der Waals surface area contributed by atoms with Crippen molar-refractivity contribution in [2.45, 2.75) is 23.5 Å². The summed E-state index contributed by atoms with van der Waals surface area (Å²) in [6.07, 6.45) is 0.527. The van der Waals surface area contributed by atoms with Crippen LogP contribution in [0, 0.1) is 11.8 Å². The predicted octanol–water partition coefficient (Wildman–Crippen LogP) is 6.21. The highest BCUT2D eigenvalue weighted by Gasteiger charge is 2.42. The second kappa shape index (κ2) is 9.88. The molecule has 2 N–H and O–H groups in total. The summed E-state index contributed by atoms with van der Waals surface area (Å²) < 4.78 is 27.5. The molecule has 0 bridgehead atoms. The van der Waals surface area contributed by atoms with Gasteiger partial charge in [0.1, 0.15) is 0 Å². The standard InChI is InChI=1S/C25H22Cl3NO4S/c1-14-16(13-30)10-15-8-9-18(29-25(31)23-21(27)6-3-7-22(23)28)12-20(15)24(14)34(32,33)19-5-2-4-17(26)11-19/h2-9,11-12,14,16,24,30H,10,13H2,1H3,(H,29,31)/t14?,16-,24?/m0/s1. The van der Waals surface area contributed by atoms with Crippen molar-refractivity contribution >= 4 is 56.2 Å². The van der Waals surface area contributed by atoms with Gasteiger partial charge in [-0.25, -0.2) is 8.42 Å². The number of rotatable bonds is 5. The van der Waals surface area contributed by atoms with Gasteiger partial charge in [0.2, 0.25) is 0 Å². The molecule has 0 radical (unpaired) electrons. The molecule has 178 valence electrons. The molecule has 1 amide bonds. The van der Waals surface area contributed by atoms with Gasteiger partial charge in [-0.3, -0.25) is 4.79 Å². The van der Waals surface area contributed by atoms with Crippen LogP contribution in [0.3, 0.4) is 0 Å². The molecule has 0 saturated heterocycles. The van der Waals surface area contributed by atoms with Crippen molar-refractivity contribution in [3.05, 3.63) is 92.4 Å². The first-order valence-electron chi connectivity index (χ1n) is 10.6. The lowest BCUT2D eigenvalue weighted by Gasteiger charge is -2.37. The number of aliphatic hydroxyl groups excluding tert-OH is 1. The lowest BCUT2D eigenvalue weighted by Crippen LogP contribution is -2.34. The minimum atomic E-state index is -3.85. The van der Waals surface area contributed by atoms with Crippen LogP contribution < -0.4 is 5.32 Å². The van der Waals surface area contributed by atoms with Crippen molar-refractivity contribution in [2.75, 3.05) is 11.9 Å². The molecule has 3 atom stereocenters. The fourth-order valence-electron chi connectivity index (χ4n) is 4.50. The van der Waals surface area contributed by atoms with Gasteiger partial charge >= 0.3 is 0 Å². The summed E-state index contributed by atoms with van der Waals surface area (Å²) in [5.41, 5.74) is 1.95. The molecule has 3 aromatic carbocycles. The monoisotopic (exact) mass is 537 g/mol. The van der Waals surface area contributed by atoms with Crippen LogP contribution in [0.15, 0.2) is 65.6 Å². The van der Waals surface area contributed by atoms with Gasteiger partial charge in [-0.15, -0.1) is 0 Å². The molecule has 4 rings (SSSR count). The number of amides is 1. The van der Waals surface area contributed by atoms with Gasteiger partial charge in [-0.05, 0) is 71.8 Å². The fraction of sp³-hybridized carbons (Fsp3) is 0.240. The quantitative estimate of drug-likeness (QED) is 0.404. The maximum Gasteiger partial charge on any atom is 0.258 e. The zero-order valence-electron chi connectivity index (χ0n) is 18.1.